The Morgan fingerprint density at radius 2 is 0.585 bits per heavy atom. The maximum Gasteiger partial charge on any atom is 0.532 e. The second-order valence-corrected chi connectivity index (χ2v) is 20.8. The van der Waals surface area contributed by atoms with Crippen LogP contribution in [-0.4, -0.2) is 34.5 Å². The van der Waals surface area contributed by atoms with E-state index in [4.69, 9.17) is 7.94 Å². The van der Waals surface area contributed by atoms with E-state index in [2.05, 4.69) is 41.5 Å². The van der Waals surface area contributed by atoms with E-state index < -0.39 is 28.5 Å². The summed E-state index contributed by atoms with van der Waals surface area (Å²) >= 11 is 0. The number of unbranched alkanes of at least 4 members (excludes halogenated alkanes) is 16. The van der Waals surface area contributed by atoms with Crippen LogP contribution in [-0.2, 0) is 12.5 Å². The van der Waals surface area contributed by atoms with Gasteiger partial charge in [-0.05, 0) is 73.0 Å². The topological polar surface area (TPSA) is 35.5 Å². The SMILES string of the molecule is CCCCCCCS(CCCCC)(CCCCC)OP(=O)(F)OS(CCCCC)(CCCCC)CCCCCCC. The summed E-state index contributed by atoms with van der Waals surface area (Å²) in [5.74, 6) is 5.27. The van der Waals surface area contributed by atoms with Gasteiger partial charge in [0, 0.05) is 0 Å². The van der Waals surface area contributed by atoms with Crippen molar-refractivity contribution in [2.24, 2.45) is 0 Å². The standard InChI is InChI=1S/C34H74FO3PS2/c1-7-13-19-21-27-33-40(29-23-15-9-3,30-24-16-10-4)37-39(35,36)38-41(31-25-17-11-5,32-26-18-12-6)34-28-22-20-14-8-2/h7-34H2,1-6H3. The lowest BCUT2D eigenvalue weighted by Crippen LogP contribution is -2.20. The number of rotatable bonds is 32. The molecule has 252 valence electrons. The Balaban J connectivity index is 6.05. The third kappa shape index (κ3) is 22.0. The van der Waals surface area contributed by atoms with Gasteiger partial charge in [-0.15, -0.1) is 24.8 Å². The molecule has 0 saturated carbocycles. The molecule has 0 aromatic carbocycles. The molecule has 0 saturated heterocycles. The van der Waals surface area contributed by atoms with E-state index in [9.17, 15) is 4.57 Å². The van der Waals surface area contributed by atoms with Gasteiger partial charge in [0.05, 0.1) is 0 Å². The van der Waals surface area contributed by atoms with Gasteiger partial charge >= 0.3 is 7.91 Å². The number of hydrogen-bond acceptors (Lipinski definition) is 3. The minimum atomic E-state index is -4.68. The van der Waals surface area contributed by atoms with E-state index in [1.807, 2.05) is 0 Å². The van der Waals surface area contributed by atoms with E-state index in [1.165, 1.54) is 38.5 Å². The third-order valence-electron chi connectivity index (χ3n) is 8.21. The van der Waals surface area contributed by atoms with Crippen molar-refractivity contribution in [3.05, 3.63) is 0 Å². The molecule has 0 amide bonds. The Kier molecular flexibility index (Phi) is 27.6. The molecule has 0 N–H and O–H groups in total. The first-order chi connectivity index (χ1) is 19.8. The van der Waals surface area contributed by atoms with Gasteiger partial charge in [-0.1, -0.05) is 144 Å². The Morgan fingerprint density at radius 1 is 0.390 bits per heavy atom. The molecule has 0 radical (unpaired) electrons. The molecule has 7 heteroatoms. The first kappa shape index (κ1) is 41.8. The molecule has 0 bridgehead atoms. The Bertz CT molecular complexity index is 555. The van der Waals surface area contributed by atoms with Gasteiger partial charge < -0.3 is 0 Å². The molecule has 0 aliphatic rings. The van der Waals surface area contributed by atoms with Crippen molar-refractivity contribution in [2.75, 3.05) is 34.5 Å². The van der Waals surface area contributed by atoms with Crippen molar-refractivity contribution in [2.45, 2.75) is 183 Å². The quantitative estimate of drug-likeness (QED) is 0.0540. The summed E-state index contributed by atoms with van der Waals surface area (Å²) in [6, 6.07) is 0. The molecule has 0 atom stereocenters. The Hall–Kier alpha value is 0.780. The molecule has 0 heterocycles. The van der Waals surface area contributed by atoms with Gasteiger partial charge in [0.1, 0.15) is 0 Å². The van der Waals surface area contributed by atoms with Crippen LogP contribution in [0.25, 0.3) is 0 Å². The van der Waals surface area contributed by atoms with Crippen LogP contribution < -0.4 is 0 Å². The molecule has 0 aromatic rings. The van der Waals surface area contributed by atoms with Crippen molar-refractivity contribution < 1.29 is 16.7 Å². The minimum absolute atomic E-state index is 0.876. The maximum atomic E-state index is 16.5. The molecule has 0 rings (SSSR count). The zero-order chi connectivity index (χ0) is 30.7. The zero-order valence-corrected chi connectivity index (χ0v) is 31.2. The van der Waals surface area contributed by atoms with Crippen molar-refractivity contribution in [1.29, 1.82) is 0 Å². The lowest BCUT2D eigenvalue weighted by Gasteiger charge is -2.44. The zero-order valence-electron chi connectivity index (χ0n) is 28.7. The summed E-state index contributed by atoms with van der Waals surface area (Å²) in [6.45, 7) is 13.3. The lowest BCUT2D eigenvalue weighted by molar-refractivity contribution is 0.363. The van der Waals surface area contributed by atoms with E-state index in [-0.39, 0.29) is 0 Å². The van der Waals surface area contributed by atoms with E-state index in [1.54, 1.807) is 0 Å². The van der Waals surface area contributed by atoms with Crippen LogP contribution in [0.15, 0.2) is 0 Å². The highest BCUT2D eigenvalue weighted by atomic mass is 32.3. The van der Waals surface area contributed by atoms with Gasteiger partial charge in [-0.25, -0.2) is 12.5 Å². The molecule has 41 heavy (non-hydrogen) atoms. The van der Waals surface area contributed by atoms with Crippen LogP contribution in [0, 0.1) is 0 Å². The van der Waals surface area contributed by atoms with Crippen LogP contribution in [0.3, 0.4) is 0 Å². The molecule has 0 aliphatic carbocycles. The smallest absolute Gasteiger partial charge is 0.233 e. The predicted molar refractivity (Wildman–Crippen MR) is 191 cm³/mol. The van der Waals surface area contributed by atoms with Crippen LogP contribution in [0.2, 0.25) is 0 Å². The Morgan fingerprint density at radius 3 is 0.829 bits per heavy atom. The summed E-state index contributed by atoms with van der Waals surface area (Å²) in [4.78, 5) is 0. The van der Waals surface area contributed by atoms with Crippen LogP contribution in [0.1, 0.15) is 183 Å². The molecular weight excluding hydrogens is 570 g/mol. The summed E-state index contributed by atoms with van der Waals surface area (Å²) in [5.41, 5.74) is 0. The van der Waals surface area contributed by atoms with E-state index in [0.717, 1.165) is 137 Å². The molecule has 0 aromatic heterocycles. The van der Waals surface area contributed by atoms with Gasteiger partial charge in [0.15, 0.2) is 0 Å². The highest BCUT2D eigenvalue weighted by molar-refractivity contribution is 8.33. The normalized spacial score (nSPS) is 13.6. The fourth-order valence-electron chi connectivity index (χ4n) is 5.62. The van der Waals surface area contributed by atoms with Crippen LogP contribution >= 0.6 is 28.5 Å². The van der Waals surface area contributed by atoms with Crippen LogP contribution in [0.5, 0.6) is 0 Å². The molecule has 0 aliphatic heterocycles. The number of hydrogen-bond donors (Lipinski definition) is 0. The minimum Gasteiger partial charge on any atom is -0.233 e. The fourth-order valence-corrected chi connectivity index (χ4v) is 16.4. The van der Waals surface area contributed by atoms with Crippen molar-refractivity contribution >= 4 is 28.5 Å². The van der Waals surface area contributed by atoms with Gasteiger partial charge in [-0.2, -0.15) is 0 Å². The molecule has 0 fully saturated rings. The molecule has 0 spiro atoms. The van der Waals surface area contributed by atoms with Crippen molar-refractivity contribution in [3.63, 3.8) is 0 Å². The van der Waals surface area contributed by atoms with Gasteiger partial charge in [-0.3, -0.25) is 0 Å². The van der Waals surface area contributed by atoms with Gasteiger partial charge in [0.2, 0.25) is 0 Å². The third-order valence-corrected chi connectivity index (χ3v) is 18.4. The highest BCUT2D eigenvalue weighted by Gasteiger charge is 2.42. The van der Waals surface area contributed by atoms with Crippen molar-refractivity contribution in [1.82, 2.24) is 0 Å². The summed E-state index contributed by atoms with van der Waals surface area (Å²) in [7, 11) is -8.26. The second-order valence-electron chi connectivity index (χ2n) is 12.4. The summed E-state index contributed by atoms with van der Waals surface area (Å²) < 4.78 is 43.3. The number of halogens is 1. The average Bonchev–Trinajstić information content (AvgIpc) is 2.93. The largest absolute Gasteiger partial charge is 0.532 e. The monoisotopic (exact) mass is 644 g/mol. The van der Waals surface area contributed by atoms with E-state index >= 15 is 4.20 Å². The highest BCUT2D eigenvalue weighted by Crippen LogP contribution is 2.73. The predicted octanol–water partition coefficient (Wildman–Crippen LogP) is 14.2. The van der Waals surface area contributed by atoms with Gasteiger partial charge in [0.25, 0.3) is 0 Å². The molecule has 0 unspecified atom stereocenters. The molecule has 3 nitrogen and oxygen atoms in total. The lowest BCUT2D eigenvalue weighted by atomic mass is 10.2. The Labute approximate surface area is 261 Å². The second kappa shape index (κ2) is 27.1. The summed E-state index contributed by atoms with van der Waals surface area (Å²) in [5, 5.41) is 0. The average molecular weight is 645 g/mol. The molecular formula is C34H74FO3PS2. The fraction of sp³-hybridized carbons (Fsp3) is 1.00. The maximum absolute atomic E-state index is 16.5. The first-order valence-electron chi connectivity index (χ1n) is 18.0. The first-order valence-corrected chi connectivity index (χ1v) is 23.6. The van der Waals surface area contributed by atoms with E-state index in [0.29, 0.717) is 0 Å². The van der Waals surface area contributed by atoms with Crippen LogP contribution in [0.4, 0.5) is 4.20 Å². The summed E-state index contributed by atoms with van der Waals surface area (Å²) in [6.07, 6.45) is 25.0. The van der Waals surface area contributed by atoms with Crippen molar-refractivity contribution in [3.8, 4) is 0 Å².